The van der Waals surface area contributed by atoms with Crippen LogP contribution in [0.1, 0.15) is 19.5 Å². The van der Waals surface area contributed by atoms with Crippen molar-refractivity contribution in [1.82, 2.24) is 4.98 Å². The van der Waals surface area contributed by atoms with E-state index in [9.17, 15) is 4.21 Å². The smallest absolute Gasteiger partial charge is 0.182 e. The first-order chi connectivity index (χ1) is 6.76. The van der Waals surface area contributed by atoms with Crippen molar-refractivity contribution < 1.29 is 4.21 Å². The Morgan fingerprint density at radius 2 is 2.36 bits per heavy atom. The van der Waals surface area contributed by atoms with Gasteiger partial charge in [0.15, 0.2) is 5.13 Å². The van der Waals surface area contributed by atoms with Gasteiger partial charge in [0.25, 0.3) is 0 Å². The van der Waals surface area contributed by atoms with E-state index in [0.29, 0.717) is 5.75 Å². The molecule has 1 unspecified atom stereocenters. The zero-order valence-corrected chi connectivity index (χ0v) is 10.2. The first-order valence-corrected chi connectivity index (χ1v) is 7.16. The lowest BCUT2D eigenvalue weighted by atomic mass is 10.4. The molecule has 0 spiro atoms. The Balaban J connectivity index is 2.27. The van der Waals surface area contributed by atoms with E-state index in [0.717, 1.165) is 29.5 Å². The second kappa shape index (κ2) is 6.14. The summed E-state index contributed by atoms with van der Waals surface area (Å²) in [6.45, 7) is 4.77. The molecule has 0 fully saturated rings. The highest BCUT2D eigenvalue weighted by atomic mass is 32.2. The predicted octanol–water partition coefficient (Wildman–Crippen LogP) is 1.89. The van der Waals surface area contributed by atoms with Crippen LogP contribution in [0.5, 0.6) is 0 Å². The summed E-state index contributed by atoms with van der Waals surface area (Å²) >= 11 is 1.61. The zero-order chi connectivity index (χ0) is 10.4. The summed E-state index contributed by atoms with van der Waals surface area (Å²) < 4.78 is 11.1. The number of hydrogen-bond acceptors (Lipinski definition) is 4. The highest BCUT2D eigenvalue weighted by molar-refractivity contribution is 7.84. The summed E-state index contributed by atoms with van der Waals surface area (Å²) in [6.07, 6.45) is 0.971. The van der Waals surface area contributed by atoms with Gasteiger partial charge in [-0.2, -0.15) is 0 Å². The number of nitrogens with one attached hydrogen (secondary N) is 1. The van der Waals surface area contributed by atoms with E-state index < -0.39 is 10.8 Å². The van der Waals surface area contributed by atoms with Gasteiger partial charge in [-0.25, -0.2) is 4.98 Å². The quantitative estimate of drug-likeness (QED) is 0.814. The molecule has 14 heavy (non-hydrogen) atoms. The Labute approximate surface area is 91.4 Å². The lowest BCUT2D eigenvalue weighted by Gasteiger charge is -2.00. The lowest BCUT2D eigenvalue weighted by Crippen LogP contribution is -2.11. The van der Waals surface area contributed by atoms with Crippen LogP contribution in [0.15, 0.2) is 5.38 Å². The number of aromatic nitrogens is 1. The van der Waals surface area contributed by atoms with Gasteiger partial charge < -0.3 is 5.32 Å². The van der Waals surface area contributed by atoms with Crippen LogP contribution in [0.4, 0.5) is 5.13 Å². The molecule has 0 radical (unpaired) electrons. The van der Waals surface area contributed by atoms with Crippen molar-refractivity contribution in [3.8, 4) is 0 Å². The summed E-state index contributed by atoms with van der Waals surface area (Å²) in [5.41, 5.74) is 1.12. The second-order valence-corrected chi connectivity index (χ2v) is 5.58. The monoisotopic (exact) mass is 232 g/mol. The first-order valence-electron chi connectivity index (χ1n) is 4.79. The van der Waals surface area contributed by atoms with Crippen molar-refractivity contribution in [2.75, 3.05) is 23.4 Å². The molecule has 1 aromatic rings. The van der Waals surface area contributed by atoms with Crippen LogP contribution in [0.2, 0.25) is 0 Å². The molecule has 1 N–H and O–H groups in total. The Hall–Kier alpha value is -0.420. The molecule has 0 aliphatic rings. The number of anilines is 1. The lowest BCUT2D eigenvalue weighted by molar-refractivity contribution is 0.684. The third-order valence-corrected chi connectivity index (χ3v) is 3.99. The van der Waals surface area contributed by atoms with Crippen LogP contribution in [-0.4, -0.2) is 27.2 Å². The predicted molar refractivity (Wildman–Crippen MR) is 63.5 cm³/mol. The molecule has 0 aliphatic carbocycles. The number of aryl methyl sites for hydroxylation is 1. The minimum Gasteiger partial charge on any atom is -0.361 e. The van der Waals surface area contributed by atoms with Crippen LogP contribution in [-0.2, 0) is 17.2 Å². The molecule has 0 aliphatic heterocycles. The van der Waals surface area contributed by atoms with E-state index in [4.69, 9.17) is 0 Å². The molecule has 0 amide bonds. The Bertz CT molecular complexity index is 299. The SMILES string of the molecule is CCc1csc(NCCS(=O)CC)n1. The van der Waals surface area contributed by atoms with Gasteiger partial charge in [-0.1, -0.05) is 13.8 Å². The van der Waals surface area contributed by atoms with Crippen LogP contribution in [0, 0.1) is 0 Å². The summed E-state index contributed by atoms with van der Waals surface area (Å²) in [4.78, 5) is 4.36. The van der Waals surface area contributed by atoms with Gasteiger partial charge in [-0.05, 0) is 6.42 Å². The summed E-state index contributed by atoms with van der Waals surface area (Å²) in [5.74, 6) is 1.44. The molecular weight excluding hydrogens is 216 g/mol. The van der Waals surface area contributed by atoms with Crippen molar-refractivity contribution in [2.24, 2.45) is 0 Å². The average Bonchev–Trinajstić information content (AvgIpc) is 2.65. The maximum atomic E-state index is 11.1. The molecule has 0 aromatic carbocycles. The third kappa shape index (κ3) is 3.75. The summed E-state index contributed by atoms with van der Waals surface area (Å²) in [6, 6.07) is 0. The van der Waals surface area contributed by atoms with Crippen molar-refractivity contribution >= 4 is 27.3 Å². The first kappa shape index (κ1) is 11.7. The number of thiazole rings is 1. The summed E-state index contributed by atoms with van der Waals surface area (Å²) in [5, 5.41) is 6.17. The Morgan fingerprint density at radius 3 is 2.93 bits per heavy atom. The molecule has 1 heterocycles. The largest absolute Gasteiger partial charge is 0.361 e. The molecule has 3 nitrogen and oxygen atoms in total. The Kier molecular flexibility index (Phi) is 5.11. The molecule has 5 heteroatoms. The summed E-state index contributed by atoms with van der Waals surface area (Å²) in [7, 11) is -0.681. The standard InChI is InChI=1S/C9H16N2OS2/c1-3-8-7-13-9(11-8)10-5-6-14(12)4-2/h7H,3-6H2,1-2H3,(H,10,11). The van der Waals surface area contributed by atoms with E-state index in [1.54, 1.807) is 11.3 Å². The minimum absolute atomic E-state index is 0.681. The van der Waals surface area contributed by atoms with Gasteiger partial charge in [0.05, 0.1) is 5.69 Å². The molecule has 0 saturated heterocycles. The fourth-order valence-corrected chi connectivity index (χ4v) is 2.41. The molecule has 1 atom stereocenters. The fraction of sp³-hybridized carbons (Fsp3) is 0.667. The molecule has 0 bridgehead atoms. The van der Waals surface area contributed by atoms with Gasteiger partial charge in [0.1, 0.15) is 0 Å². The third-order valence-electron chi connectivity index (χ3n) is 1.84. The van der Waals surface area contributed by atoms with Crippen molar-refractivity contribution in [3.63, 3.8) is 0 Å². The topological polar surface area (TPSA) is 42.0 Å². The molecule has 1 rings (SSSR count). The highest BCUT2D eigenvalue weighted by Crippen LogP contribution is 2.14. The minimum atomic E-state index is -0.681. The van der Waals surface area contributed by atoms with E-state index in [1.807, 2.05) is 6.92 Å². The van der Waals surface area contributed by atoms with E-state index >= 15 is 0 Å². The maximum absolute atomic E-state index is 11.1. The van der Waals surface area contributed by atoms with E-state index in [1.165, 1.54) is 0 Å². The van der Waals surface area contributed by atoms with Gasteiger partial charge in [0.2, 0.25) is 0 Å². The van der Waals surface area contributed by atoms with Crippen LogP contribution < -0.4 is 5.32 Å². The van der Waals surface area contributed by atoms with Crippen molar-refractivity contribution in [3.05, 3.63) is 11.1 Å². The molecule has 1 aromatic heterocycles. The van der Waals surface area contributed by atoms with Gasteiger partial charge in [-0.3, -0.25) is 4.21 Å². The van der Waals surface area contributed by atoms with Crippen molar-refractivity contribution in [2.45, 2.75) is 20.3 Å². The highest BCUT2D eigenvalue weighted by Gasteiger charge is 2.00. The zero-order valence-electron chi connectivity index (χ0n) is 8.58. The van der Waals surface area contributed by atoms with Gasteiger partial charge in [-0.15, -0.1) is 11.3 Å². The molecule has 0 saturated carbocycles. The van der Waals surface area contributed by atoms with E-state index in [-0.39, 0.29) is 0 Å². The molecule has 80 valence electrons. The molecular formula is C9H16N2OS2. The van der Waals surface area contributed by atoms with Crippen LogP contribution in [0.25, 0.3) is 0 Å². The van der Waals surface area contributed by atoms with Crippen LogP contribution in [0.3, 0.4) is 0 Å². The second-order valence-electron chi connectivity index (χ2n) is 2.86. The maximum Gasteiger partial charge on any atom is 0.182 e. The van der Waals surface area contributed by atoms with E-state index in [2.05, 4.69) is 22.6 Å². The van der Waals surface area contributed by atoms with Gasteiger partial charge >= 0.3 is 0 Å². The van der Waals surface area contributed by atoms with Crippen LogP contribution >= 0.6 is 11.3 Å². The normalized spacial score (nSPS) is 12.7. The number of rotatable bonds is 6. The van der Waals surface area contributed by atoms with Gasteiger partial charge in [0, 0.05) is 34.2 Å². The van der Waals surface area contributed by atoms with Crippen molar-refractivity contribution in [1.29, 1.82) is 0 Å². The number of hydrogen-bond donors (Lipinski definition) is 1. The fourth-order valence-electron chi connectivity index (χ4n) is 0.967. The Morgan fingerprint density at radius 1 is 1.57 bits per heavy atom. The average molecular weight is 232 g/mol. The number of nitrogens with zero attached hydrogens (tertiary/aromatic N) is 1.